The van der Waals surface area contributed by atoms with E-state index >= 15 is 0 Å². The summed E-state index contributed by atoms with van der Waals surface area (Å²) in [4.78, 5) is 13.0. The number of amides is 1. The zero-order valence-corrected chi connectivity index (χ0v) is 17.0. The summed E-state index contributed by atoms with van der Waals surface area (Å²) < 4.78 is 33.0. The normalized spacial score (nSPS) is 16.4. The molecular weight excluding hydrogens is 376 g/mol. The molecule has 148 valence electrons. The van der Waals surface area contributed by atoms with Crippen molar-refractivity contribution in [3.8, 4) is 5.75 Å². The van der Waals surface area contributed by atoms with Gasteiger partial charge in [0.15, 0.2) is 0 Å². The summed E-state index contributed by atoms with van der Waals surface area (Å²) in [7, 11) is -3.97. The summed E-state index contributed by atoms with van der Waals surface area (Å²) in [5.41, 5.74) is -0.313. The third-order valence-corrected chi connectivity index (χ3v) is 6.33. The SMILES string of the molecule is CC(C)(C)N1C(=O)C(NCCOc2ccccc2)=C(c2ccccc2)S1(=O)=O. The molecule has 0 bridgehead atoms. The van der Waals surface area contributed by atoms with Gasteiger partial charge in [0.25, 0.3) is 15.9 Å². The first-order valence-corrected chi connectivity index (χ1v) is 10.5. The van der Waals surface area contributed by atoms with Crippen molar-refractivity contribution in [2.45, 2.75) is 26.3 Å². The van der Waals surface area contributed by atoms with Gasteiger partial charge >= 0.3 is 0 Å². The molecule has 1 amide bonds. The van der Waals surface area contributed by atoms with Gasteiger partial charge in [0, 0.05) is 6.54 Å². The van der Waals surface area contributed by atoms with Gasteiger partial charge < -0.3 is 10.1 Å². The number of rotatable bonds is 6. The van der Waals surface area contributed by atoms with Crippen LogP contribution < -0.4 is 10.1 Å². The van der Waals surface area contributed by atoms with Gasteiger partial charge in [-0.3, -0.25) is 4.79 Å². The van der Waals surface area contributed by atoms with Crippen LogP contribution in [-0.4, -0.2) is 37.3 Å². The highest BCUT2D eigenvalue weighted by atomic mass is 32.2. The van der Waals surface area contributed by atoms with E-state index in [4.69, 9.17) is 4.74 Å². The van der Waals surface area contributed by atoms with E-state index in [2.05, 4.69) is 5.32 Å². The number of hydrogen-bond acceptors (Lipinski definition) is 5. The van der Waals surface area contributed by atoms with Crippen molar-refractivity contribution in [1.29, 1.82) is 0 Å². The fraction of sp³-hybridized carbons (Fsp3) is 0.286. The number of carbonyl (C=O) groups excluding carboxylic acids is 1. The second-order valence-electron chi connectivity index (χ2n) is 7.40. The quantitative estimate of drug-likeness (QED) is 0.755. The van der Waals surface area contributed by atoms with Crippen LogP contribution >= 0.6 is 0 Å². The summed E-state index contributed by atoms with van der Waals surface area (Å²) in [6, 6.07) is 18.0. The van der Waals surface area contributed by atoms with E-state index in [1.165, 1.54) is 0 Å². The largest absolute Gasteiger partial charge is 0.492 e. The lowest BCUT2D eigenvalue weighted by molar-refractivity contribution is -0.125. The van der Waals surface area contributed by atoms with Gasteiger partial charge in [0.2, 0.25) is 0 Å². The first kappa shape index (κ1) is 19.9. The third kappa shape index (κ3) is 3.89. The molecule has 0 aliphatic carbocycles. The Labute approximate surface area is 165 Å². The number of benzene rings is 2. The molecule has 1 aliphatic heterocycles. The fourth-order valence-corrected chi connectivity index (χ4v) is 5.16. The highest BCUT2D eigenvalue weighted by molar-refractivity contribution is 7.99. The van der Waals surface area contributed by atoms with Crippen LogP contribution in [0.5, 0.6) is 5.75 Å². The number of ether oxygens (including phenoxy) is 1. The molecule has 0 saturated carbocycles. The van der Waals surface area contributed by atoms with E-state index in [0.717, 1.165) is 4.31 Å². The molecule has 1 aliphatic rings. The molecule has 2 aromatic rings. The van der Waals surface area contributed by atoms with Gasteiger partial charge in [0.05, 0.1) is 5.54 Å². The van der Waals surface area contributed by atoms with Crippen LogP contribution in [0.3, 0.4) is 0 Å². The summed E-state index contributed by atoms with van der Waals surface area (Å²) in [5.74, 6) is 0.161. The van der Waals surface area contributed by atoms with Crippen LogP contribution in [0.4, 0.5) is 0 Å². The molecule has 0 fully saturated rings. The molecule has 0 saturated heterocycles. The molecule has 0 aromatic heterocycles. The molecule has 2 aromatic carbocycles. The Bertz CT molecular complexity index is 978. The maximum absolute atomic E-state index is 13.2. The second kappa shape index (κ2) is 7.67. The van der Waals surface area contributed by atoms with Crippen molar-refractivity contribution < 1.29 is 17.9 Å². The van der Waals surface area contributed by atoms with E-state index in [0.29, 0.717) is 24.5 Å². The lowest BCUT2D eigenvalue weighted by Gasteiger charge is -2.30. The average molecular weight is 401 g/mol. The van der Waals surface area contributed by atoms with Gasteiger partial charge in [-0.1, -0.05) is 48.5 Å². The molecule has 0 radical (unpaired) electrons. The van der Waals surface area contributed by atoms with Crippen LogP contribution in [0.15, 0.2) is 66.4 Å². The molecule has 7 heteroatoms. The predicted molar refractivity (Wildman–Crippen MR) is 109 cm³/mol. The van der Waals surface area contributed by atoms with Gasteiger partial charge in [-0.15, -0.1) is 0 Å². The van der Waals surface area contributed by atoms with Crippen molar-refractivity contribution >= 4 is 20.8 Å². The second-order valence-corrected chi connectivity index (χ2v) is 9.13. The Hall–Kier alpha value is -2.80. The maximum atomic E-state index is 13.2. The lowest BCUT2D eigenvalue weighted by Crippen LogP contribution is -2.46. The molecule has 1 N–H and O–H groups in total. The molecule has 6 nitrogen and oxygen atoms in total. The first-order chi connectivity index (χ1) is 13.2. The third-order valence-electron chi connectivity index (χ3n) is 4.18. The van der Waals surface area contributed by atoms with Crippen LogP contribution in [0.1, 0.15) is 26.3 Å². The smallest absolute Gasteiger partial charge is 0.285 e. The molecular formula is C21H24N2O4S. The molecule has 28 heavy (non-hydrogen) atoms. The monoisotopic (exact) mass is 400 g/mol. The zero-order chi connectivity index (χ0) is 20.4. The highest BCUT2D eigenvalue weighted by Crippen LogP contribution is 2.38. The topological polar surface area (TPSA) is 75.7 Å². The van der Waals surface area contributed by atoms with Gasteiger partial charge in [-0.25, -0.2) is 12.7 Å². The maximum Gasteiger partial charge on any atom is 0.285 e. The first-order valence-electron chi connectivity index (χ1n) is 9.04. The summed E-state index contributed by atoms with van der Waals surface area (Å²) >= 11 is 0. The van der Waals surface area contributed by atoms with E-state index in [-0.39, 0.29) is 10.6 Å². The molecule has 0 unspecified atom stereocenters. The highest BCUT2D eigenvalue weighted by Gasteiger charge is 2.49. The minimum atomic E-state index is -3.97. The fourth-order valence-electron chi connectivity index (χ4n) is 3.09. The van der Waals surface area contributed by atoms with E-state index in [1.807, 2.05) is 30.3 Å². The van der Waals surface area contributed by atoms with Crippen molar-refractivity contribution in [3.63, 3.8) is 0 Å². The van der Waals surface area contributed by atoms with E-state index < -0.39 is 21.5 Å². The Balaban J connectivity index is 1.88. The van der Waals surface area contributed by atoms with Crippen LogP contribution in [0.25, 0.3) is 4.91 Å². The number of sulfonamides is 1. The van der Waals surface area contributed by atoms with Gasteiger partial charge in [-0.05, 0) is 38.5 Å². The van der Waals surface area contributed by atoms with E-state index in [1.54, 1.807) is 51.1 Å². The Morgan fingerprint density at radius 2 is 1.54 bits per heavy atom. The summed E-state index contributed by atoms with van der Waals surface area (Å²) in [6.07, 6.45) is 0. The summed E-state index contributed by atoms with van der Waals surface area (Å²) in [5, 5.41) is 2.99. The number of carbonyl (C=O) groups is 1. The Morgan fingerprint density at radius 1 is 0.964 bits per heavy atom. The minimum absolute atomic E-state index is 0.00716. The molecule has 0 spiro atoms. The number of nitrogens with one attached hydrogen (secondary N) is 1. The standard InChI is InChI=1S/C21H24N2O4S/c1-21(2,3)23-20(24)18(22-14-15-27-17-12-8-5-9-13-17)19(28(23,25)26)16-10-6-4-7-11-16/h4-13,22H,14-15H2,1-3H3. The molecule has 3 rings (SSSR count). The zero-order valence-electron chi connectivity index (χ0n) is 16.2. The number of hydrogen-bond donors (Lipinski definition) is 1. The Kier molecular flexibility index (Phi) is 5.47. The molecule has 0 atom stereocenters. The van der Waals surface area contributed by atoms with Crippen LogP contribution in [-0.2, 0) is 14.8 Å². The number of para-hydroxylation sites is 1. The Morgan fingerprint density at radius 3 is 2.11 bits per heavy atom. The summed E-state index contributed by atoms with van der Waals surface area (Å²) in [6.45, 7) is 5.68. The van der Waals surface area contributed by atoms with Crippen LogP contribution in [0, 0.1) is 0 Å². The van der Waals surface area contributed by atoms with Crippen molar-refractivity contribution in [3.05, 3.63) is 71.9 Å². The van der Waals surface area contributed by atoms with Crippen molar-refractivity contribution in [2.24, 2.45) is 0 Å². The lowest BCUT2D eigenvalue weighted by atomic mass is 10.1. The number of nitrogens with zero attached hydrogens (tertiary/aromatic N) is 1. The van der Waals surface area contributed by atoms with Gasteiger partial charge in [0.1, 0.15) is 23.0 Å². The average Bonchev–Trinajstić information content (AvgIpc) is 2.85. The van der Waals surface area contributed by atoms with Gasteiger partial charge in [-0.2, -0.15) is 0 Å². The predicted octanol–water partition coefficient (Wildman–Crippen LogP) is 2.99. The minimum Gasteiger partial charge on any atom is -0.492 e. The van der Waals surface area contributed by atoms with Crippen LogP contribution in [0.2, 0.25) is 0 Å². The van der Waals surface area contributed by atoms with E-state index in [9.17, 15) is 13.2 Å². The molecule has 1 heterocycles. The van der Waals surface area contributed by atoms with Crippen molar-refractivity contribution in [1.82, 2.24) is 9.62 Å². The van der Waals surface area contributed by atoms with Crippen molar-refractivity contribution in [2.75, 3.05) is 13.2 Å².